The van der Waals surface area contributed by atoms with Crippen molar-refractivity contribution in [3.05, 3.63) is 65.0 Å². The van der Waals surface area contributed by atoms with Crippen LogP contribution in [0.1, 0.15) is 30.4 Å². The van der Waals surface area contributed by atoms with Gasteiger partial charge in [-0.15, -0.1) is 0 Å². The summed E-state index contributed by atoms with van der Waals surface area (Å²) in [6.45, 7) is 0.273. The van der Waals surface area contributed by atoms with Crippen molar-refractivity contribution < 1.29 is 28.2 Å². The van der Waals surface area contributed by atoms with Crippen molar-refractivity contribution in [2.45, 2.75) is 37.9 Å². The van der Waals surface area contributed by atoms with Gasteiger partial charge in [0.05, 0.1) is 32.9 Å². The highest BCUT2D eigenvalue weighted by molar-refractivity contribution is 6.01. The van der Waals surface area contributed by atoms with Crippen molar-refractivity contribution in [1.82, 2.24) is 10.2 Å². The Morgan fingerprint density at radius 1 is 1.03 bits per heavy atom. The van der Waals surface area contributed by atoms with E-state index in [0.717, 1.165) is 23.1 Å². The van der Waals surface area contributed by atoms with Gasteiger partial charge >= 0.3 is 12.0 Å². The normalized spacial score (nSPS) is 19.3. The Hall–Kier alpha value is -3.55. The van der Waals surface area contributed by atoms with Crippen molar-refractivity contribution >= 4 is 17.6 Å². The second kappa shape index (κ2) is 9.52. The molecular weight excluding hydrogens is 427 g/mol. The molecule has 2 aliphatic heterocycles. The third-order valence-electron chi connectivity index (χ3n) is 6.33. The van der Waals surface area contributed by atoms with Gasteiger partial charge in [0, 0.05) is 12.6 Å². The van der Waals surface area contributed by atoms with Crippen molar-refractivity contribution in [2.75, 3.05) is 21.3 Å². The molecule has 1 fully saturated rings. The predicted molar refractivity (Wildman–Crippen MR) is 120 cm³/mol. The van der Waals surface area contributed by atoms with E-state index in [1.54, 1.807) is 37.3 Å². The first-order chi connectivity index (χ1) is 16.0. The van der Waals surface area contributed by atoms with E-state index in [4.69, 9.17) is 14.2 Å². The predicted octanol–water partition coefficient (Wildman–Crippen LogP) is 3.92. The number of nitrogens with one attached hydrogen (secondary N) is 1. The van der Waals surface area contributed by atoms with Crippen LogP contribution in [0.15, 0.2) is 48.0 Å². The Bertz CT molecular complexity index is 1080. The number of halogens is 1. The molecule has 0 aromatic heterocycles. The fraction of sp³-hybridized carbons (Fsp3) is 0.360. The number of carbonyl (C=O) groups excluding carboxylic acids is 2. The minimum absolute atomic E-state index is 0.0419. The van der Waals surface area contributed by atoms with Crippen LogP contribution >= 0.6 is 0 Å². The summed E-state index contributed by atoms with van der Waals surface area (Å²) in [4.78, 5) is 27.7. The molecule has 1 N–H and O–H groups in total. The van der Waals surface area contributed by atoms with Crippen LogP contribution in [0.25, 0.3) is 5.57 Å². The number of fused-ring (bicyclic) bond motifs is 2. The van der Waals surface area contributed by atoms with Crippen LogP contribution in [0.2, 0.25) is 0 Å². The molecule has 8 heteroatoms. The number of benzene rings is 2. The molecule has 33 heavy (non-hydrogen) atoms. The van der Waals surface area contributed by atoms with E-state index in [2.05, 4.69) is 5.32 Å². The van der Waals surface area contributed by atoms with Gasteiger partial charge in [-0.1, -0.05) is 18.2 Å². The zero-order valence-electron chi connectivity index (χ0n) is 18.9. The Balaban J connectivity index is 1.63. The summed E-state index contributed by atoms with van der Waals surface area (Å²) < 4.78 is 29.0. The van der Waals surface area contributed by atoms with Crippen molar-refractivity contribution in [3.63, 3.8) is 0 Å². The molecule has 4 rings (SSSR count). The molecule has 2 atom stereocenters. The molecule has 0 unspecified atom stereocenters. The smallest absolute Gasteiger partial charge is 0.336 e. The van der Waals surface area contributed by atoms with Gasteiger partial charge in [0.15, 0.2) is 11.5 Å². The molecule has 2 bridgehead atoms. The molecule has 1 saturated heterocycles. The number of hydrogen-bond donors (Lipinski definition) is 1. The van der Waals surface area contributed by atoms with Gasteiger partial charge in [0.1, 0.15) is 5.82 Å². The van der Waals surface area contributed by atoms with Crippen molar-refractivity contribution in [2.24, 2.45) is 0 Å². The lowest BCUT2D eigenvalue weighted by atomic mass is 9.88. The standard InChI is InChI=1S/C25H27FN2O5/c1-31-21-11-6-16(12-22(21)32-2)19-13-18-9-10-20(23(19)24(29)33-3)28(18)25(30)27-14-15-4-7-17(26)8-5-15/h4-8,11-12,18,20H,9-10,13-14H2,1-3H3,(H,27,30)/t18-,20+/m0/s1. The van der Waals surface area contributed by atoms with E-state index in [1.165, 1.54) is 19.2 Å². The van der Waals surface area contributed by atoms with Crippen LogP contribution < -0.4 is 14.8 Å². The molecule has 174 valence electrons. The molecule has 0 spiro atoms. The summed E-state index contributed by atoms with van der Waals surface area (Å²) >= 11 is 0. The Morgan fingerprint density at radius 3 is 2.42 bits per heavy atom. The second-order valence-electron chi connectivity index (χ2n) is 8.10. The monoisotopic (exact) mass is 454 g/mol. The van der Waals surface area contributed by atoms with Gasteiger partial charge < -0.3 is 24.4 Å². The van der Waals surface area contributed by atoms with Crippen LogP contribution in [0.3, 0.4) is 0 Å². The molecular formula is C25H27FN2O5. The minimum atomic E-state index is -0.443. The summed E-state index contributed by atoms with van der Waals surface area (Å²) in [5, 5.41) is 2.91. The Kier molecular flexibility index (Phi) is 6.53. The molecule has 2 aromatic rings. The average molecular weight is 454 g/mol. The van der Waals surface area contributed by atoms with Gasteiger partial charge in [0.25, 0.3) is 0 Å². The molecule has 2 amide bonds. The van der Waals surface area contributed by atoms with Crippen LogP contribution in [-0.4, -0.2) is 50.3 Å². The number of esters is 1. The minimum Gasteiger partial charge on any atom is -0.493 e. The highest BCUT2D eigenvalue weighted by Crippen LogP contribution is 2.44. The molecule has 2 aromatic carbocycles. The number of methoxy groups -OCH3 is 3. The SMILES string of the molecule is COC(=O)C1=C(c2ccc(OC)c(OC)c2)C[C@@H]2CC[C@H]1N2C(=O)NCc1ccc(F)cc1. The van der Waals surface area contributed by atoms with Gasteiger partial charge in [0.2, 0.25) is 0 Å². The molecule has 0 saturated carbocycles. The molecule has 0 aliphatic carbocycles. The van der Waals surface area contributed by atoms with Gasteiger partial charge in [-0.3, -0.25) is 0 Å². The maximum absolute atomic E-state index is 13.1. The number of hydrogen-bond acceptors (Lipinski definition) is 5. The van der Waals surface area contributed by atoms with E-state index >= 15 is 0 Å². The van der Waals surface area contributed by atoms with E-state index in [-0.39, 0.29) is 30.5 Å². The summed E-state index contributed by atoms with van der Waals surface area (Å²) in [6.07, 6.45) is 1.99. The van der Waals surface area contributed by atoms with Crippen molar-refractivity contribution in [1.29, 1.82) is 0 Å². The second-order valence-corrected chi connectivity index (χ2v) is 8.10. The first-order valence-electron chi connectivity index (χ1n) is 10.8. The lowest BCUT2D eigenvalue weighted by Gasteiger charge is -2.37. The number of nitrogens with zero attached hydrogens (tertiary/aromatic N) is 1. The van der Waals surface area contributed by atoms with Crippen molar-refractivity contribution in [3.8, 4) is 11.5 Å². The first-order valence-corrected chi connectivity index (χ1v) is 10.8. The number of urea groups is 1. The van der Waals surface area contributed by atoms with E-state index in [9.17, 15) is 14.0 Å². The first kappa shape index (κ1) is 22.6. The summed E-state index contributed by atoms with van der Waals surface area (Å²) in [5.41, 5.74) is 2.99. The summed E-state index contributed by atoms with van der Waals surface area (Å²) in [5.74, 6) is 0.400. The van der Waals surface area contributed by atoms with Gasteiger partial charge in [-0.05, 0) is 60.2 Å². The van der Waals surface area contributed by atoms with Crippen LogP contribution in [0, 0.1) is 5.82 Å². The Morgan fingerprint density at radius 2 is 1.76 bits per heavy atom. The zero-order valence-corrected chi connectivity index (χ0v) is 18.9. The zero-order chi connectivity index (χ0) is 23.5. The molecule has 7 nitrogen and oxygen atoms in total. The fourth-order valence-electron chi connectivity index (χ4n) is 4.76. The molecule has 2 aliphatic rings. The third-order valence-corrected chi connectivity index (χ3v) is 6.33. The van der Waals surface area contributed by atoms with Crippen LogP contribution in [0.4, 0.5) is 9.18 Å². The summed E-state index contributed by atoms with van der Waals surface area (Å²) in [6, 6.07) is 10.9. The molecule has 2 heterocycles. The highest BCUT2D eigenvalue weighted by Gasteiger charge is 2.46. The number of ether oxygens (including phenoxy) is 3. The maximum atomic E-state index is 13.1. The molecule has 0 radical (unpaired) electrons. The fourth-order valence-corrected chi connectivity index (χ4v) is 4.76. The summed E-state index contributed by atoms with van der Waals surface area (Å²) in [7, 11) is 4.48. The largest absolute Gasteiger partial charge is 0.493 e. The quantitative estimate of drug-likeness (QED) is 0.670. The van der Waals surface area contributed by atoms with E-state index < -0.39 is 5.97 Å². The van der Waals surface area contributed by atoms with E-state index in [1.807, 2.05) is 12.1 Å². The lowest BCUT2D eigenvalue weighted by molar-refractivity contribution is -0.136. The topological polar surface area (TPSA) is 77.1 Å². The Labute approximate surface area is 192 Å². The van der Waals surface area contributed by atoms with Crippen LogP contribution in [-0.2, 0) is 16.1 Å². The highest BCUT2D eigenvalue weighted by atomic mass is 19.1. The van der Waals surface area contributed by atoms with Crippen LogP contribution in [0.5, 0.6) is 11.5 Å². The number of carbonyl (C=O) groups is 2. The van der Waals surface area contributed by atoms with Gasteiger partial charge in [-0.2, -0.15) is 0 Å². The number of amides is 2. The van der Waals surface area contributed by atoms with Gasteiger partial charge in [-0.25, -0.2) is 14.0 Å². The third kappa shape index (κ3) is 4.37. The number of rotatable bonds is 6. The maximum Gasteiger partial charge on any atom is 0.336 e. The lowest BCUT2D eigenvalue weighted by Crippen LogP contribution is -2.50. The average Bonchev–Trinajstić information content (AvgIpc) is 3.15. The van der Waals surface area contributed by atoms with E-state index in [0.29, 0.717) is 29.9 Å².